The fourth-order valence-electron chi connectivity index (χ4n) is 3.67. The molecule has 28 heavy (non-hydrogen) atoms. The highest BCUT2D eigenvalue weighted by atomic mass is 19.4. The molecule has 3 rings (SSSR count). The van der Waals surface area contributed by atoms with Crippen molar-refractivity contribution < 1.29 is 27.7 Å². The number of amides is 3. The van der Waals surface area contributed by atoms with Crippen LogP contribution in [0.1, 0.15) is 37.7 Å². The molecule has 0 aromatic heterocycles. The molecular formula is C17H19F3N4O4. The van der Waals surface area contributed by atoms with Gasteiger partial charge in [-0.2, -0.15) is 13.2 Å². The van der Waals surface area contributed by atoms with E-state index >= 15 is 0 Å². The number of hydrogen-bond donors (Lipinski definition) is 2. The van der Waals surface area contributed by atoms with Crippen LogP contribution in [0.15, 0.2) is 18.2 Å². The van der Waals surface area contributed by atoms with Crippen LogP contribution in [0.3, 0.4) is 0 Å². The van der Waals surface area contributed by atoms with E-state index in [4.69, 9.17) is 0 Å². The number of nitro groups is 1. The van der Waals surface area contributed by atoms with Crippen molar-refractivity contribution in [3.63, 3.8) is 0 Å². The average molecular weight is 400 g/mol. The lowest BCUT2D eigenvalue weighted by Crippen LogP contribution is -2.44. The van der Waals surface area contributed by atoms with Crippen LogP contribution in [0, 0.1) is 10.1 Å². The molecule has 3 amide bonds. The Morgan fingerprint density at radius 1 is 1.25 bits per heavy atom. The van der Waals surface area contributed by atoms with Crippen LogP contribution in [-0.4, -0.2) is 40.4 Å². The maximum Gasteiger partial charge on any atom is 0.416 e. The molecule has 152 valence electrons. The van der Waals surface area contributed by atoms with Crippen LogP contribution in [0.2, 0.25) is 0 Å². The Morgan fingerprint density at radius 2 is 1.93 bits per heavy atom. The average Bonchev–Trinajstić information content (AvgIpc) is 3.17. The molecule has 8 nitrogen and oxygen atoms in total. The highest BCUT2D eigenvalue weighted by Crippen LogP contribution is 2.36. The summed E-state index contributed by atoms with van der Waals surface area (Å²) >= 11 is 0. The zero-order valence-electron chi connectivity index (χ0n) is 14.8. The zero-order chi connectivity index (χ0) is 20.5. The molecule has 0 atom stereocenters. The van der Waals surface area contributed by atoms with Gasteiger partial charge in [0, 0.05) is 19.2 Å². The van der Waals surface area contributed by atoms with Gasteiger partial charge in [-0.1, -0.05) is 12.8 Å². The highest BCUT2D eigenvalue weighted by molar-refractivity contribution is 6.07. The zero-order valence-corrected chi connectivity index (χ0v) is 14.8. The number of benzene rings is 1. The van der Waals surface area contributed by atoms with Gasteiger partial charge in [0.2, 0.25) is 0 Å². The van der Waals surface area contributed by atoms with E-state index in [1.807, 2.05) is 0 Å². The van der Waals surface area contributed by atoms with E-state index in [0.717, 1.165) is 29.9 Å². The van der Waals surface area contributed by atoms with Crippen LogP contribution >= 0.6 is 0 Å². The Hall–Kier alpha value is -2.85. The lowest BCUT2D eigenvalue weighted by atomic mass is 9.98. The van der Waals surface area contributed by atoms with Crippen LogP contribution in [0.25, 0.3) is 0 Å². The SMILES string of the molecule is O=C1NC2(CCCC2)C(=O)N1CCCNc1ccc(C(F)(F)F)cc1[N+](=O)[O-]. The van der Waals surface area contributed by atoms with E-state index in [0.29, 0.717) is 25.3 Å². The van der Waals surface area contributed by atoms with Crippen LogP contribution < -0.4 is 10.6 Å². The topological polar surface area (TPSA) is 105 Å². The highest BCUT2D eigenvalue weighted by Gasteiger charge is 2.52. The van der Waals surface area contributed by atoms with Crippen molar-refractivity contribution in [2.75, 3.05) is 18.4 Å². The van der Waals surface area contributed by atoms with Crippen molar-refractivity contribution in [1.29, 1.82) is 0 Å². The summed E-state index contributed by atoms with van der Waals surface area (Å²) in [6, 6.07) is 1.79. The second-order valence-corrected chi connectivity index (χ2v) is 6.94. The van der Waals surface area contributed by atoms with Gasteiger partial charge in [0.05, 0.1) is 10.5 Å². The molecule has 11 heteroatoms. The van der Waals surface area contributed by atoms with Crippen molar-refractivity contribution in [3.05, 3.63) is 33.9 Å². The van der Waals surface area contributed by atoms with E-state index in [1.54, 1.807) is 0 Å². The number of carbonyl (C=O) groups excluding carboxylic acids is 2. The summed E-state index contributed by atoms with van der Waals surface area (Å²) in [4.78, 5) is 35.9. The van der Waals surface area contributed by atoms with Gasteiger partial charge in [0.1, 0.15) is 11.2 Å². The number of nitrogens with one attached hydrogen (secondary N) is 2. The van der Waals surface area contributed by atoms with Gasteiger partial charge in [-0.3, -0.25) is 19.8 Å². The molecule has 1 aromatic carbocycles. The predicted molar refractivity (Wildman–Crippen MR) is 92.6 cm³/mol. The van der Waals surface area contributed by atoms with Gasteiger partial charge in [-0.15, -0.1) is 0 Å². The number of carbonyl (C=O) groups is 2. The number of urea groups is 1. The summed E-state index contributed by atoms with van der Waals surface area (Å²) < 4.78 is 38.2. The summed E-state index contributed by atoms with van der Waals surface area (Å²) in [5.41, 5.74) is -2.64. The number of alkyl halides is 3. The number of nitro benzene ring substituents is 1. The number of imide groups is 1. The first-order chi connectivity index (χ1) is 13.1. The van der Waals surface area contributed by atoms with Crippen molar-refractivity contribution in [3.8, 4) is 0 Å². The molecule has 1 spiro atoms. The molecule has 2 N–H and O–H groups in total. The number of rotatable bonds is 6. The number of hydrogen-bond acceptors (Lipinski definition) is 5. The van der Waals surface area contributed by atoms with E-state index in [9.17, 15) is 32.9 Å². The molecule has 0 radical (unpaired) electrons. The summed E-state index contributed by atoms with van der Waals surface area (Å²) in [6.07, 6.45) is -1.40. The molecule has 2 aliphatic rings. The minimum Gasteiger partial charge on any atom is -0.379 e. The fourth-order valence-corrected chi connectivity index (χ4v) is 3.67. The van der Waals surface area contributed by atoms with Crippen molar-refractivity contribution >= 4 is 23.3 Å². The third kappa shape index (κ3) is 3.73. The predicted octanol–water partition coefficient (Wildman–Crippen LogP) is 3.28. The molecule has 0 unspecified atom stereocenters. The summed E-state index contributed by atoms with van der Waals surface area (Å²) in [5.74, 6) is -0.254. The number of anilines is 1. The molecule has 1 saturated heterocycles. The Labute approximate surface area is 158 Å². The minimum atomic E-state index is -4.68. The second kappa shape index (κ2) is 7.28. The fraction of sp³-hybridized carbons (Fsp3) is 0.529. The maximum absolute atomic E-state index is 12.7. The summed E-state index contributed by atoms with van der Waals surface area (Å²) in [7, 11) is 0. The Balaban J connectivity index is 1.59. The third-order valence-electron chi connectivity index (χ3n) is 5.10. The Bertz CT molecular complexity index is 806. The van der Waals surface area contributed by atoms with E-state index in [2.05, 4.69) is 10.6 Å². The Kier molecular flexibility index (Phi) is 5.18. The minimum absolute atomic E-state index is 0.0533. The molecule has 1 aromatic rings. The van der Waals surface area contributed by atoms with Crippen LogP contribution in [-0.2, 0) is 11.0 Å². The first-order valence-corrected chi connectivity index (χ1v) is 8.88. The molecular weight excluding hydrogens is 381 g/mol. The molecule has 1 aliphatic heterocycles. The molecule has 2 fully saturated rings. The van der Waals surface area contributed by atoms with Gasteiger partial charge < -0.3 is 10.6 Å². The van der Waals surface area contributed by atoms with Gasteiger partial charge >= 0.3 is 12.2 Å². The second-order valence-electron chi connectivity index (χ2n) is 6.94. The van der Waals surface area contributed by atoms with E-state index in [-0.39, 0.29) is 24.7 Å². The standard InChI is InChI=1S/C17H19F3N4O4/c18-17(19,20)11-4-5-12(13(10-11)24(27)28)21-8-3-9-23-14(25)16(22-15(23)26)6-1-2-7-16/h4-5,10,21H,1-3,6-9H2,(H,22,26). The lowest BCUT2D eigenvalue weighted by Gasteiger charge is -2.20. The molecule has 1 saturated carbocycles. The molecule has 1 heterocycles. The van der Waals surface area contributed by atoms with Crippen molar-refractivity contribution in [2.24, 2.45) is 0 Å². The maximum atomic E-state index is 12.7. The summed E-state index contributed by atoms with van der Waals surface area (Å²) in [5, 5.41) is 16.5. The van der Waals surface area contributed by atoms with Crippen molar-refractivity contribution in [1.82, 2.24) is 10.2 Å². The van der Waals surface area contributed by atoms with Crippen LogP contribution in [0.4, 0.5) is 29.3 Å². The first kappa shape index (κ1) is 19.9. The Morgan fingerprint density at radius 3 is 2.54 bits per heavy atom. The van der Waals surface area contributed by atoms with Gasteiger partial charge in [-0.25, -0.2) is 4.79 Å². The largest absolute Gasteiger partial charge is 0.416 e. The monoisotopic (exact) mass is 400 g/mol. The quantitative estimate of drug-likeness (QED) is 0.330. The van der Waals surface area contributed by atoms with Gasteiger partial charge in [0.15, 0.2) is 0 Å². The molecule has 1 aliphatic carbocycles. The third-order valence-corrected chi connectivity index (χ3v) is 5.10. The van der Waals surface area contributed by atoms with Gasteiger partial charge in [0.25, 0.3) is 11.6 Å². The summed E-state index contributed by atoms with van der Waals surface area (Å²) in [6.45, 7) is 0.268. The normalized spacial score (nSPS) is 18.6. The van der Waals surface area contributed by atoms with E-state index in [1.165, 1.54) is 0 Å². The number of nitrogens with zero attached hydrogens (tertiary/aromatic N) is 2. The van der Waals surface area contributed by atoms with Crippen LogP contribution in [0.5, 0.6) is 0 Å². The van der Waals surface area contributed by atoms with E-state index < -0.39 is 33.9 Å². The lowest BCUT2D eigenvalue weighted by molar-refractivity contribution is -0.384. The first-order valence-electron chi connectivity index (χ1n) is 8.88. The van der Waals surface area contributed by atoms with Gasteiger partial charge in [-0.05, 0) is 31.4 Å². The smallest absolute Gasteiger partial charge is 0.379 e. The number of halogens is 3. The van der Waals surface area contributed by atoms with Crippen molar-refractivity contribution in [2.45, 2.75) is 43.8 Å². The molecule has 0 bridgehead atoms.